The van der Waals surface area contributed by atoms with Crippen LogP contribution >= 0.6 is 0 Å². The Bertz CT molecular complexity index is 561. The summed E-state index contributed by atoms with van der Waals surface area (Å²) in [6, 6.07) is 6.51. The van der Waals surface area contributed by atoms with Gasteiger partial charge in [-0.2, -0.15) is 4.31 Å². The van der Waals surface area contributed by atoms with Crippen molar-refractivity contribution >= 4 is 10.0 Å². The summed E-state index contributed by atoms with van der Waals surface area (Å²) in [5, 5.41) is 0. The van der Waals surface area contributed by atoms with Gasteiger partial charge in [0.05, 0.1) is 5.75 Å². The van der Waals surface area contributed by atoms with Crippen molar-refractivity contribution in [2.45, 2.75) is 27.3 Å². The lowest BCUT2D eigenvalue weighted by molar-refractivity contribution is 0.181. The second-order valence-corrected chi connectivity index (χ2v) is 7.76. The van der Waals surface area contributed by atoms with Gasteiger partial charge in [-0.3, -0.25) is 4.90 Å². The van der Waals surface area contributed by atoms with E-state index in [1.54, 1.807) is 11.2 Å². The molecule has 0 saturated carbocycles. The Balaban J connectivity index is 1.96. The van der Waals surface area contributed by atoms with Crippen molar-refractivity contribution in [1.82, 2.24) is 9.21 Å². The lowest BCUT2D eigenvalue weighted by atomic mass is 10.1. The van der Waals surface area contributed by atoms with Gasteiger partial charge in [-0.15, -0.1) is 0 Å². The van der Waals surface area contributed by atoms with E-state index in [1.807, 2.05) is 0 Å². The second kappa shape index (κ2) is 6.24. The summed E-state index contributed by atoms with van der Waals surface area (Å²) in [7, 11) is -3.03. The maximum atomic E-state index is 11.8. The molecule has 1 heterocycles. The number of nitrogens with zero attached hydrogens (tertiary/aromatic N) is 2. The molecule has 1 saturated heterocycles. The fraction of sp³-hybridized carbons (Fsp3) is 0.600. The van der Waals surface area contributed by atoms with E-state index in [1.165, 1.54) is 16.7 Å². The average molecular weight is 296 g/mol. The molecule has 0 amide bonds. The Kier molecular flexibility index (Phi) is 4.83. The molecule has 20 heavy (non-hydrogen) atoms. The van der Waals surface area contributed by atoms with Crippen molar-refractivity contribution in [2.75, 3.05) is 31.9 Å². The van der Waals surface area contributed by atoms with Crippen molar-refractivity contribution in [3.63, 3.8) is 0 Å². The molecule has 2 rings (SSSR count). The van der Waals surface area contributed by atoms with Gasteiger partial charge in [-0.25, -0.2) is 8.42 Å². The van der Waals surface area contributed by atoms with Crippen LogP contribution in [0.15, 0.2) is 18.2 Å². The van der Waals surface area contributed by atoms with E-state index in [-0.39, 0.29) is 5.75 Å². The standard InChI is InChI=1S/C15H24N2O2S/c1-4-20(18,19)17-9-7-16(8-10-17)12-15-11-13(2)5-6-14(15)3/h5-6,11H,4,7-10,12H2,1-3H3. The van der Waals surface area contributed by atoms with E-state index in [9.17, 15) is 8.42 Å². The van der Waals surface area contributed by atoms with Crippen LogP contribution in [0.4, 0.5) is 0 Å². The first kappa shape index (κ1) is 15.5. The average Bonchev–Trinajstić information content (AvgIpc) is 2.43. The third-order valence-corrected chi connectivity index (χ3v) is 5.87. The molecule has 0 N–H and O–H groups in total. The van der Waals surface area contributed by atoms with Crippen LogP contribution in [0.2, 0.25) is 0 Å². The summed E-state index contributed by atoms with van der Waals surface area (Å²) in [5.74, 6) is 0.198. The van der Waals surface area contributed by atoms with Crippen molar-refractivity contribution in [3.05, 3.63) is 34.9 Å². The fourth-order valence-electron chi connectivity index (χ4n) is 2.56. The van der Waals surface area contributed by atoms with Crippen molar-refractivity contribution in [2.24, 2.45) is 0 Å². The van der Waals surface area contributed by atoms with Crippen LogP contribution in [0, 0.1) is 13.8 Å². The highest BCUT2D eigenvalue weighted by molar-refractivity contribution is 7.89. The normalized spacial score (nSPS) is 18.4. The number of aryl methyl sites for hydroxylation is 2. The summed E-state index contributed by atoms with van der Waals surface area (Å²) in [4.78, 5) is 2.34. The number of benzene rings is 1. The SMILES string of the molecule is CCS(=O)(=O)N1CCN(Cc2cc(C)ccc2C)CC1. The Morgan fingerprint density at radius 3 is 2.35 bits per heavy atom. The summed E-state index contributed by atoms with van der Waals surface area (Å²) in [6.07, 6.45) is 0. The quantitative estimate of drug-likeness (QED) is 0.850. The Morgan fingerprint density at radius 1 is 1.10 bits per heavy atom. The zero-order chi connectivity index (χ0) is 14.8. The number of hydrogen-bond donors (Lipinski definition) is 0. The van der Waals surface area contributed by atoms with Gasteiger partial charge in [-0.05, 0) is 31.9 Å². The molecule has 0 radical (unpaired) electrons. The first-order chi connectivity index (χ1) is 9.42. The van der Waals surface area contributed by atoms with E-state index in [0.29, 0.717) is 13.1 Å². The van der Waals surface area contributed by atoms with Gasteiger partial charge in [0.15, 0.2) is 0 Å². The minimum absolute atomic E-state index is 0.198. The largest absolute Gasteiger partial charge is 0.296 e. The van der Waals surface area contributed by atoms with Crippen molar-refractivity contribution in [1.29, 1.82) is 0 Å². The molecule has 0 unspecified atom stereocenters. The molecule has 0 aromatic heterocycles. The lowest BCUT2D eigenvalue weighted by Gasteiger charge is -2.34. The summed E-state index contributed by atoms with van der Waals surface area (Å²) >= 11 is 0. The number of hydrogen-bond acceptors (Lipinski definition) is 3. The van der Waals surface area contributed by atoms with E-state index in [2.05, 4.69) is 36.9 Å². The maximum Gasteiger partial charge on any atom is 0.213 e. The topological polar surface area (TPSA) is 40.6 Å². The van der Waals surface area contributed by atoms with Gasteiger partial charge >= 0.3 is 0 Å². The number of piperazine rings is 1. The third kappa shape index (κ3) is 3.59. The monoisotopic (exact) mass is 296 g/mol. The smallest absolute Gasteiger partial charge is 0.213 e. The molecule has 1 aliphatic heterocycles. The molecule has 0 bridgehead atoms. The summed E-state index contributed by atoms with van der Waals surface area (Å²) in [6.45, 7) is 9.70. The van der Waals surface area contributed by atoms with Crippen molar-refractivity contribution < 1.29 is 8.42 Å². The van der Waals surface area contributed by atoms with Crippen LogP contribution < -0.4 is 0 Å². The van der Waals surface area contributed by atoms with Gasteiger partial charge < -0.3 is 0 Å². The first-order valence-electron chi connectivity index (χ1n) is 7.18. The highest BCUT2D eigenvalue weighted by atomic mass is 32.2. The molecule has 1 aromatic carbocycles. The molecular formula is C15H24N2O2S. The Labute approximate surface area is 122 Å². The van der Waals surface area contributed by atoms with Crippen LogP contribution in [0.25, 0.3) is 0 Å². The van der Waals surface area contributed by atoms with E-state index in [0.717, 1.165) is 19.6 Å². The number of sulfonamides is 1. The zero-order valence-corrected chi connectivity index (χ0v) is 13.4. The highest BCUT2D eigenvalue weighted by Crippen LogP contribution is 2.15. The molecule has 5 heteroatoms. The molecular weight excluding hydrogens is 272 g/mol. The molecule has 1 aliphatic rings. The van der Waals surface area contributed by atoms with E-state index >= 15 is 0 Å². The first-order valence-corrected chi connectivity index (χ1v) is 8.79. The molecule has 4 nitrogen and oxygen atoms in total. The summed E-state index contributed by atoms with van der Waals surface area (Å²) < 4.78 is 25.3. The minimum Gasteiger partial charge on any atom is -0.296 e. The molecule has 1 aromatic rings. The number of rotatable bonds is 4. The van der Waals surface area contributed by atoms with Gasteiger partial charge in [0, 0.05) is 32.7 Å². The van der Waals surface area contributed by atoms with E-state index < -0.39 is 10.0 Å². The van der Waals surface area contributed by atoms with Crippen LogP contribution in [0.5, 0.6) is 0 Å². The van der Waals surface area contributed by atoms with Gasteiger partial charge in [0.25, 0.3) is 0 Å². The zero-order valence-electron chi connectivity index (χ0n) is 12.6. The van der Waals surface area contributed by atoms with Gasteiger partial charge in [0.1, 0.15) is 0 Å². The van der Waals surface area contributed by atoms with E-state index in [4.69, 9.17) is 0 Å². The van der Waals surface area contributed by atoms with Crippen LogP contribution in [-0.4, -0.2) is 49.6 Å². The minimum atomic E-state index is -3.03. The van der Waals surface area contributed by atoms with Gasteiger partial charge in [-0.1, -0.05) is 23.8 Å². The molecule has 1 fully saturated rings. The molecule has 112 valence electrons. The van der Waals surface area contributed by atoms with Crippen molar-refractivity contribution in [3.8, 4) is 0 Å². The lowest BCUT2D eigenvalue weighted by Crippen LogP contribution is -2.48. The van der Waals surface area contributed by atoms with Crippen LogP contribution in [0.1, 0.15) is 23.6 Å². The predicted octanol–water partition coefficient (Wildman–Crippen LogP) is 1.77. The maximum absolute atomic E-state index is 11.8. The van der Waals surface area contributed by atoms with Crippen LogP contribution in [-0.2, 0) is 16.6 Å². The Morgan fingerprint density at radius 2 is 1.75 bits per heavy atom. The van der Waals surface area contributed by atoms with Gasteiger partial charge in [0.2, 0.25) is 10.0 Å². The summed E-state index contributed by atoms with van der Waals surface area (Å²) in [5.41, 5.74) is 3.92. The highest BCUT2D eigenvalue weighted by Gasteiger charge is 2.25. The second-order valence-electron chi connectivity index (χ2n) is 5.51. The fourth-order valence-corrected chi connectivity index (χ4v) is 3.64. The molecule has 0 spiro atoms. The predicted molar refractivity (Wildman–Crippen MR) is 82.2 cm³/mol. The third-order valence-electron chi connectivity index (χ3n) is 3.99. The Hall–Kier alpha value is -0.910. The molecule has 0 atom stereocenters. The molecule has 0 aliphatic carbocycles. The van der Waals surface area contributed by atoms with Crippen LogP contribution in [0.3, 0.4) is 0 Å².